The fourth-order valence-corrected chi connectivity index (χ4v) is 1.28. The van der Waals surface area contributed by atoms with E-state index in [1.807, 2.05) is 0 Å². The van der Waals surface area contributed by atoms with E-state index in [-0.39, 0.29) is 46.3 Å². The molecular weight excluding hydrogens is 238 g/mol. The molecular formula is C6H7CaNO5S. The van der Waals surface area contributed by atoms with Gasteiger partial charge in [0.15, 0.2) is 0 Å². The summed E-state index contributed by atoms with van der Waals surface area (Å²) in [4.78, 5) is 8.98. The van der Waals surface area contributed by atoms with Gasteiger partial charge in [0.1, 0.15) is 4.90 Å². The molecule has 0 saturated carbocycles. The molecule has 0 aliphatic rings. The summed E-state index contributed by atoms with van der Waals surface area (Å²) in [6.07, 6.45) is 0. The molecule has 6 nitrogen and oxygen atoms in total. The van der Waals surface area contributed by atoms with Crippen LogP contribution in [-0.2, 0) is 10.1 Å². The van der Waals surface area contributed by atoms with Gasteiger partial charge in [-0.1, -0.05) is 6.07 Å². The molecule has 0 saturated heterocycles. The first-order chi connectivity index (χ1) is 5.91. The van der Waals surface area contributed by atoms with E-state index in [0.29, 0.717) is 0 Å². The van der Waals surface area contributed by atoms with Crippen LogP contribution in [-0.4, -0.2) is 55.6 Å². The first-order valence-corrected chi connectivity index (χ1v) is 4.57. The Hall–Kier alpha value is -0.210. The van der Waals surface area contributed by atoms with E-state index < -0.39 is 19.9 Å². The van der Waals surface area contributed by atoms with Crippen molar-refractivity contribution in [3.05, 3.63) is 34.4 Å². The van der Waals surface area contributed by atoms with Gasteiger partial charge in [-0.2, -0.15) is 8.42 Å². The fraction of sp³-hybridized carbons (Fsp3) is 0. The van der Waals surface area contributed by atoms with Crippen LogP contribution in [0.2, 0.25) is 0 Å². The summed E-state index contributed by atoms with van der Waals surface area (Å²) in [5, 5.41) is 10.2. The smallest absolute Gasteiger partial charge is 1.00 e. The van der Waals surface area contributed by atoms with Gasteiger partial charge in [0.2, 0.25) is 0 Å². The zero-order valence-electron chi connectivity index (χ0n) is 8.95. The van der Waals surface area contributed by atoms with Gasteiger partial charge >= 0.3 is 37.7 Å². The van der Waals surface area contributed by atoms with Crippen molar-refractivity contribution in [2.24, 2.45) is 0 Å². The molecule has 0 atom stereocenters. The first kappa shape index (κ1) is 13.8. The number of hydrogen-bond acceptors (Lipinski definition) is 4. The summed E-state index contributed by atoms with van der Waals surface area (Å²) in [6.45, 7) is 0. The summed E-state index contributed by atoms with van der Waals surface area (Å²) in [6, 6.07) is 4.17. The van der Waals surface area contributed by atoms with E-state index in [0.717, 1.165) is 18.2 Å². The monoisotopic (exact) mass is 245 g/mol. The Kier molecular flexibility index (Phi) is 4.96. The van der Waals surface area contributed by atoms with Crippen LogP contribution in [0.25, 0.3) is 0 Å². The van der Waals surface area contributed by atoms with Gasteiger partial charge in [0, 0.05) is 12.1 Å². The number of rotatable bonds is 2. The Morgan fingerprint density at radius 1 is 1.43 bits per heavy atom. The van der Waals surface area contributed by atoms with Gasteiger partial charge in [-0.25, -0.2) is 0 Å². The summed E-state index contributed by atoms with van der Waals surface area (Å²) in [5.41, 5.74) is -0.380. The summed E-state index contributed by atoms with van der Waals surface area (Å²) < 4.78 is 29.6. The van der Waals surface area contributed by atoms with E-state index in [2.05, 4.69) is 0 Å². The Morgan fingerprint density at radius 3 is 2.43 bits per heavy atom. The topological polar surface area (TPSA) is 97.5 Å². The Bertz CT molecular complexity index is 452. The number of hydrogen-bond donors (Lipinski definition) is 1. The molecule has 0 heterocycles. The molecule has 0 fully saturated rings. The summed E-state index contributed by atoms with van der Waals surface area (Å²) in [7, 11) is -4.36. The predicted octanol–water partition coefficient (Wildman–Crippen LogP) is 0.686. The van der Waals surface area contributed by atoms with Crippen molar-refractivity contribution in [3.63, 3.8) is 0 Å². The molecule has 1 rings (SSSR count). The second kappa shape index (κ2) is 5.04. The van der Waals surface area contributed by atoms with Crippen LogP contribution in [0.15, 0.2) is 29.2 Å². The van der Waals surface area contributed by atoms with Crippen molar-refractivity contribution in [1.29, 1.82) is 0 Å². The van der Waals surface area contributed by atoms with Gasteiger partial charge in [0.25, 0.3) is 15.8 Å². The standard InChI is InChI=1S/C6H5NO5S.Ca.2H/c8-7(9)5-2-1-3-6(4-5)13(10,11)12;;;/h1-4H,(H,10,11,12);;;/q;+2;2*-1. The largest absolute Gasteiger partial charge is 2.00 e. The van der Waals surface area contributed by atoms with E-state index in [9.17, 15) is 18.5 Å². The minimum Gasteiger partial charge on any atom is -1.00 e. The first-order valence-electron chi connectivity index (χ1n) is 3.13. The Morgan fingerprint density at radius 2 is 2.00 bits per heavy atom. The second-order valence-electron chi connectivity index (χ2n) is 2.23. The molecule has 8 heteroatoms. The molecule has 74 valence electrons. The van der Waals surface area contributed by atoms with Gasteiger partial charge in [0.05, 0.1) is 4.92 Å². The van der Waals surface area contributed by atoms with E-state index in [1.165, 1.54) is 6.07 Å². The Balaban J connectivity index is -0.000000563. The summed E-state index contributed by atoms with van der Waals surface area (Å²) in [5.74, 6) is 0. The third-order valence-corrected chi connectivity index (χ3v) is 2.18. The zero-order chi connectivity index (χ0) is 10.1. The minimum absolute atomic E-state index is 0. The van der Waals surface area contributed by atoms with Gasteiger partial charge in [-0.05, 0) is 6.07 Å². The van der Waals surface area contributed by atoms with Crippen LogP contribution in [0.5, 0.6) is 0 Å². The maximum atomic E-state index is 10.5. The summed E-state index contributed by atoms with van der Waals surface area (Å²) >= 11 is 0. The molecule has 0 aromatic heterocycles. The van der Waals surface area contributed by atoms with Crippen molar-refractivity contribution in [3.8, 4) is 0 Å². The average Bonchev–Trinajstić information content (AvgIpc) is 2.03. The number of benzene rings is 1. The van der Waals surface area contributed by atoms with E-state index in [4.69, 9.17) is 4.55 Å². The molecule has 1 aromatic carbocycles. The molecule has 0 unspecified atom stereocenters. The quantitative estimate of drug-likeness (QED) is 0.357. The second-order valence-corrected chi connectivity index (χ2v) is 3.65. The van der Waals surface area contributed by atoms with E-state index in [1.54, 1.807) is 0 Å². The van der Waals surface area contributed by atoms with Crippen molar-refractivity contribution in [2.45, 2.75) is 4.90 Å². The van der Waals surface area contributed by atoms with Gasteiger partial charge in [-0.3, -0.25) is 14.7 Å². The number of nitrogens with zero attached hydrogens (tertiary/aromatic N) is 1. The molecule has 1 N–H and O–H groups in total. The molecule has 0 bridgehead atoms. The van der Waals surface area contributed by atoms with Gasteiger partial charge in [-0.15, -0.1) is 0 Å². The van der Waals surface area contributed by atoms with Crippen LogP contribution < -0.4 is 0 Å². The normalized spacial score (nSPS) is 10.4. The maximum absolute atomic E-state index is 10.5. The third kappa shape index (κ3) is 3.50. The molecule has 0 spiro atoms. The molecule has 0 radical (unpaired) electrons. The number of non-ortho nitro benzene ring substituents is 1. The molecule has 0 aliphatic heterocycles. The Labute approximate surface area is 113 Å². The predicted molar refractivity (Wildman–Crippen MR) is 50.9 cm³/mol. The molecule has 0 aliphatic carbocycles. The molecule has 1 aromatic rings. The van der Waals surface area contributed by atoms with Crippen molar-refractivity contribution >= 4 is 53.5 Å². The van der Waals surface area contributed by atoms with Crippen LogP contribution in [0.3, 0.4) is 0 Å². The van der Waals surface area contributed by atoms with Gasteiger partial charge < -0.3 is 2.85 Å². The maximum Gasteiger partial charge on any atom is 2.00 e. The zero-order valence-corrected chi connectivity index (χ0v) is 9.98. The van der Waals surface area contributed by atoms with Crippen molar-refractivity contribution in [1.82, 2.24) is 0 Å². The molecule has 14 heavy (non-hydrogen) atoms. The van der Waals surface area contributed by atoms with Crippen molar-refractivity contribution < 1.29 is 20.7 Å². The third-order valence-electron chi connectivity index (χ3n) is 1.33. The number of nitro groups is 1. The number of nitro benzene ring substituents is 1. The fourth-order valence-electron chi connectivity index (χ4n) is 0.758. The van der Waals surface area contributed by atoms with E-state index >= 15 is 0 Å². The minimum atomic E-state index is -4.36. The average molecular weight is 245 g/mol. The van der Waals surface area contributed by atoms with Crippen LogP contribution in [0.1, 0.15) is 2.85 Å². The molecule has 0 amide bonds. The van der Waals surface area contributed by atoms with Crippen LogP contribution in [0, 0.1) is 10.1 Å². The van der Waals surface area contributed by atoms with Crippen LogP contribution >= 0.6 is 0 Å². The van der Waals surface area contributed by atoms with Crippen molar-refractivity contribution in [2.75, 3.05) is 0 Å². The SMILES string of the molecule is O=[N+]([O-])c1cccc(S(=O)(=O)O)c1.[Ca+2].[H-].[H-]. The van der Waals surface area contributed by atoms with Crippen LogP contribution in [0.4, 0.5) is 5.69 Å².